The highest BCUT2D eigenvalue weighted by molar-refractivity contribution is 6.04. The van der Waals surface area contributed by atoms with Crippen molar-refractivity contribution in [2.45, 2.75) is 39.7 Å². The van der Waals surface area contributed by atoms with Gasteiger partial charge in [0, 0.05) is 30.8 Å². The lowest BCUT2D eigenvalue weighted by Crippen LogP contribution is -2.56. The van der Waals surface area contributed by atoms with Gasteiger partial charge < -0.3 is 15.0 Å². The second-order valence-corrected chi connectivity index (χ2v) is 10.7. The van der Waals surface area contributed by atoms with Gasteiger partial charge in [0.05, 0.1) is 5.69 Å². The number of aromatic nitrogens is 1. The van der Waals surface area contributed by atoms with Gasteiger partial charge in [0.25, 0.3) is 0 Å². The Morgan fingerprint density at radius 1 is 1.17 bits per heavy atom. The number of allylic oxidation sites excluding steroid dienone is 1. The maximum atomic E-state index is 13.6. The molecule has 4 rings (SSSR count). The molecule has 2 heterocycles. The first-order valence-electron chi connectivity index (χ1n) is 13.1. The van der Waals surface area contributed by atoms with Crippen molar-refractivity contribution in [2.24, 2.45) is 29.1 Å². The average Bonchev–Trinajstić information content (AvgIpc) is 3.12. The van der Waals surface area contributed by atoms with E-state index in [1.54, 1.807) is 0 Å². The molecule has 36 heavy (non-hydrogen) atoms. The minimum Gasteiger partial charge on any atom is -0.461 e. The summed E-state index contributed by atoms with van der Waals surface area (Å²) in [6, 6.07) is 14.3. The Morgan fingerprint density at radius 3 is 2.56 bits per heavy atom. The van der Waals surface area contributed by atoms with E-state index in [0.717, 1.165) is 29.8 Å². The first kappa shape index (κ1) is 26.1. The number of nitrogens with zero attached hydrogens (tertiary/aromatic N) is 2. The molecule has 1 saturated heterocycles. The van der Waals surface area contributed by atoms with Crippen molar-refractivity contribution in [1.82, 2.24) is 15.2 Å². The van der Waals surface area contributed by atoms with E-state index in [2.05, 4.69) is 48.4 Å². The van der Waals surface area contributed by atoms with Crippen molar-refractivity contribution in [1.29, 1.82) is 0 Å². The Bertz CT molecular complexity index is 1080. The van der Waals surface area contributed by atoms with Crippen LogP contribution in [0.4, 0.5) is 0 Å². The molecule has 1 N–H and O–H groups in total. The molecule has 2 fully saturated rings. The van der Waals surface area contributed by atoms with E-state index in [-0.39, 0.29) is 35.7 Å². The molecule has 2 aromatic rings. The van der Waals surface area contributed by atoms with E-state index < -0.39 is 5.41 Å². The summed E-state index contributed by atoms with van der Waals surface area (Å²) >= 11 is 0. The van der Waals surface area contributed by atoms with Crippen LogP contribution in [-0.4, -0.2) is 55.0 Å². The van der Waals surface area contributed by atoms with Gasteiger partial charge in [0.15, 0.2) is 5.41 Å². The van der Waals surface area contributed by atoms with E-state index in [1.165, 1.54) is 0 Å². The normalized spacial score (nSPS) is 29.8. The highest BCUT2D eigenvalue weighted by Crippen LogP contribution is 2.57. The van der Waals surface area contributed by atoms with Crippen LogP contribution >= 0.6 is 0 Å². The molecule has 1 amide bonds. The quantitative estimate of drug-likeness (QED) is 0.431. The third-order valence-electron chi connectivity index (χ3n) is 8.12. The van der Waals surface area contributed by atoms with Gasteiger partial charge in [0.2, 0.25) is 5.91 Å². The summed E-state index contributed by atoms with van der Waals surface area (Å²) in [4.78, 5) is 33.6. The molecule has 0 spiro atoms. The van der Waals surface area contributed by atoms with Crippen molar-refractivity contribution in [3.05, 3.63) is 60.4 Å². The number of cyclic esters (lactones) is 1. The Kier molecular flexibility index (Phi) is 7.94. The van der Waals surface area contributed by atoms with Crippen LogP contribution in [0.3, 0.4) is 0 Å². The third kappa shape index (κ3) is 4.96. The number of ether oxygens (including phenoxy) is 1. The fourth-order valence-electron chi connectivity index (χ4n) is 6.39. The molecule has 6 heteroatoms. The highest BCUT2D eigenvalue weighted by Gasteiger charge is 2.66. The Hall–Kier alpha value is -2.99. The van der Waals surface area contributed by atoms with Crippen LogP contribution in [0.2, 0.25) is 0 Å². The molecule has 2 aliphatic rings. The molecule has 1 aromatic carbocycles. The molecule has 0 radical (unpaired) electrons. The number of carbonyl (C=O) groups is 2. The molecule has 1 aliphatic carbocycles. The van der Waals surface area contributed by atoms with Crippen LogP contribution in [0.15, 0.2) is 54.7 Å². The lowest BCUT2D eigenvalue weighted by molar-refractivity contribution is -0.157. The molecule has 1 aliphatic heterocycles. The summed E-state index contributed by atoms with van der Waals surface area (Å²) in [5, 5.41) is 3.05. The number of fused-ring (bicyclic) bond motifs is 1. The van der Waals surface area contributed by atoms with Gasteiger partial charge in [0.1, 0.15) is 6.10 Å². The lowest BCUT2D eigenvalue weighted by atomic mass is 9.53. The molecule has 6 nitrogen and oxygen atoms in total. The number of benzene rings is 1. The summed E-state index contributed by atoms with van der Waals surface area (Å²) in [6.45, 7) is 7.53. The van der Waals surface area contributed by atoms with Crippen molar-refractivity contribution < 1.29 is 14.3 Å². The topological polar surface area (TPSA) is 71.5 Å². The van der Waals surface area contributed by atoms with Crippen LogP contribution < -0.4 is 5.32 Å². The van der Waals surface area contributed by atoms with Gasteiger partial charge in [-0.3, -0.25) is 14.6 Å². The second-order valence-electron chi connectivity index (χ2n) is 10.7. The average molecular weight is 490 g/mol. The minimum atomic E-state index is -1.14. The molecule has 1 aromatic heterocycles. The molecule has 6 atom stereocenters. The van der Waals surface area contributed by atoms with Crippen molar-refractivity contribution >= 4 is 18.0 Å². The fourth-order valence-corrected chi connectivity index (χ4v) is 6.39. The fraction of sp³-hybridized carbons (Fsp3) is 0.500. The van der Waals surface area contributed by atoms with E-state index in [9.17, 15) is 9.59 Å². The summed E-state index contributed by atoms with van der Waals surface area (Å²) < 4.78 is 5.79. The zero-order valence-electron chi connectivity index (χ0n) is 22.1. The van der Waals surface area contributed by atoms with Gasteiger partial charge in [-0.25, -0.2) is 0 Å². The number of pyridine rings is 1. The van der Waals surface area contributed by atoms with E-state index in [0.29, 0.717) is 18.9 Å². The summed E-state index contributed by atoms with van der Waals surface area (Å²) in [5.41, 5.74) is 1.92. The molecular weight excluding hydrogens is 450 g/mol. The van der Waals surface area contributed by atoms with Crippen LogP contribution in [0.1, 0.15) is 39.3 Å². The summed E-state index contributed by atoms with van der Waals surface area (Å²) in [7, 11) is 3.93. The number of esters is 1. The Morgan fingerprint density at radius 2 is 1.92 bits per heavy atom. The maximum absolute atomic E-state index is 13.6. The van der Waals surface area contributed by atoms with Gasteiger partial charge in [-0.15, -0.1) is 0 Å². The van der Waals surface area contributed by atoms with E-state index >= 15 is 0 Å². The predicted octanol–water partition coefficient (Wildman–Crippen LogP) is 4.67. The minimum absolute atomic E-state index is 0.0374. The SMILES string of the molecule is CCC1C(C)C[C@@]2(C(=O)NCCN(C)C)C(=O)O[C@H](C)C2C1/C=C/c1ccc(-c2ccccc2)cn1. The standard InChI is InChI=1S/C30H39N3O3/c1-6-25-20(2)18-30(28(34)31-16-17-33(4)5)27(21(3)36-29(30)35)26(25)15-14-24-13-12-23(19-32-24)22-10-8-7-9-11-22/h7-15,19-21,25-27H,6,16-18H2,1-5H3,(H,31,34)/b15-14+/t20?,21-,25?,26?,27?,30-/m1/s1. The third-order valence-corrected chi connectivity index (χ3v) is 8.12. The van der Waals surface area contributed by atoms with Crippen LogP contribution in [0.25, 0.3) is 17.2 Å². The van der Waals surface area contributed by atoms with Gasteiger partial charge >= 0.3 is 5.97 Å². The monoisotopic (exact) mass is 489 g/mol. The molecule has 192 valence electrons. The van der Waals surface area contributed by atoms with Crippen LogP contribution in [0, 0.1) is 29.1 Å². The Labute approximate surface area is 215 Å². The number of hydrogen-bond acceptors (Lipinski definition) is 5. The molecule has 0 bridgehead atoms. The number of amides is 1. The van der Waals surface area contributed by atoms with Gasteiger partial charge in [-0.2, -0.15) is 0 Å². The highest BCUT2D eigenvalue weighted by atomic mass is 16.6. The van der Waals surface area contributed by atoms with Crippen molar-refractivity contribution in [3.63, 3.8) is 0 Å². The second kappa shape index (κ2) is 11.0. The van der Waals surface area contributed by atoms with E-state index in [1.807, 2.05) is 62.5 Å². The number of likely N-dealkylation sites (N-methyl/N-ethyl adjacent to an activating group) is 1. The molecular formula is C30H39N3O3. The van der Waals surface area contributed by atoms with Gasteiger partial charge in [-0.05, 0) is 62.9 Å². The largest absolute Gasteiger partial charge is 0.461 e. The summed E-state index contributed by atoms with van der Waals surface area (Å²) in [6.07, 6.45) is 7.31. The van der Waals surface area contributed by atoms with E-state index in [4.69, 9.17) is 4.74 Å². The van der Waals surface area contributed by atoms with Gasteiger partial charge in [-0.1, -0.05) is 62.7 Å². The number of nitrogens with one attached hydrogen (secondary N) is 1. The van der Waals surface area contributed by atoms with Crippen LogP contribution in [-0.2, 0) is 14.3 Å². The zero-order valence-corrected chi connectivity index (χ0v) is 22.1. The molecule has 4 unspecified atom stereocenters. The smallest absolute Gasteiger partial charge is 0.322 e. The first-order chi connectivity index (χ1) is 17.3. The maximum Gasteiger partial charge on any atom is 0.322 e. The number of hydrogen-bond donors (Lipinski definition) is 1. The van der Waals surface area contributed by atoms with Crippen LogP contribution in [0.5, 0.6) is 0 Å². The Balaban J connectivity index is 1.62. The number of rotatable bonds is 8. The first-order valence-corrected chi connectivity index (χ1v) is 13.1. The number of carbonyl (C=O) groups excluding carboxylic acids is 2. The van der Waals surface area contributed by atoms with Crippen molar-refractivity contribution in [3.8, 4) is 11.1 Å². The summed E-state index contributed by atoms with van der Waals surface area (Å²) in [5.74, 6) is -0.150. The predicted molar refractivity (Wildman–Crippen MR) is 143 cm³/mol. The lowest BCUT2D eigenvalue weighted by Gasteiger charge is -2.47. The zero-order chi connectivity index (χ0) is 25.9. The molecule has 1 saturated carbocycles. The van der Waals surface area contributed by atoms with Crippen molar-refractivity contribution in [2.75, 3.05) is 27.2 Å².